The van der Waals surface area contributed by atoms with E-state index in [0.717, 1.165) is 38.9 Å². The van der Waals surface area contributed by atoms with E-state index in [0.29, 0.717) is 12.4 Å². The predicted octanol–water partition coefficient (Wildman–Crippen LogP) is 4.78. The topological polar surface area (TPSA) is 21.7 Å². The zero-order chi connectivity index (χ0) is 18.6. The van der Waals surface area contributed by atoms with Crippen molar-refractivity contribution in [2.75, 3.05) is 39.5 Å². The normalized spacial score (nSPS) is 14.8. The Hall–Kier alpha value is -1.27. The van der Waals surface area contributed by atoms with E-state index in [2.05, 4.69) is 4.90 Å². The molecule has 1 fully saturated rings. The molecule has 0 spiro atoms. The van der Waals surface area contributed by atoms with Crippen LogP contribution >= 0.6 is 0 Å². The van der Waals surface area contributed by atoms with E-state index in [1.54, 1.807) is 0 Å². The maximum absolute atomic E-state index is 12.6. The monoisotopic (exact) mass is 349 g/mol. The molecule has 0 radical (unpaired) electrons. The van der Waals surface area contributed by atoms with Crippen molar-refractivity contribution in [2.45, 2.75) is 40.8 Å². The summed E-state index contributed by atoms with van der Waals surface area (Å²) in [6.07, 6.45) is -4.31. The van der Waals surface area contributed by atoms with Crippen LogP contribution in [0.15, 0.2) is 18.2 Å². The average molecular weight is 349 g/mol. The lowest BCUT2D eigenvalue weighted by atomic mass is 10.1. The van der Waals surface area contributed by atoms with Crippen molar-refractivity contribution < 1.29 is 22.6 Å². The lowest BCUT2D eigenvalue weighted by Crippen LogP contribution is -2.38. The first-order chi connectivity index (χ1) is 11.5. The first-order valence-electron chi connectivity index (χ1n) is 8.57. The molecule has 0 amide bonds. The van der Waals surface area contributed by atoms with Crippen LogP contribution in [0.5, 0.6) is 5.75 Å². The summed E-state index contributed by atoms with van der Waals surface area (Å²) >= 11 is 0. The van der Waals surface area contributed by atoms with Gasteiger partial charge in [-0.1, -0.05) is 27.7 Å². The van der Waals surface area contributed by atoms with Crippen LogP contribution in [0, 0.1) is 6.92 Å². The van der Waals surface area contributed by atoms with Gasteiger partial charge in [0, 0.05) is 19.6 Å². The molecular formula is C18H30F3NO2. The minimum atomic E-state index is -4.31. The fourth-order valence-corrected chi connectivity index (χ4v) is 2.16. The Kier molecular flexibility index (Phi) is 11.5. The molecule has 6 heteroatoms. The smallest absolute Gasteiger partial charge is 0.416 e. The fraction of sp³-hybridized carbons (Fsp3) is 0.667. The lowest BCUT2D eigenvalue weighted by molar-refractivity contribution is -0.138. The molecule has 0 atom stereocenters. The molecule has 1 heterocycles. The van der Waals surface area contributed by atoms with E-state index in [1.165, 1.54) is 19.1 Å². The van der Waals surface area contributed by atoms with Crippen LogP contribution in [0.1, 0.15) is 38.8 Å². The zero-order valence-electron chi connectivity index (χ0n) is 15.4. The van der Waals surface area contributed by atoms with Crippen LogP contribution in [0.25, 0.3) is 0 Å². The third kappa shape index (κ3) is 8.02. The Morgan fingerprint density at radius 3 is 2.17 bits per heavy atom. The molecule has 1 saturated heterocycles. The van der Waals surface area contributed by atoms with Crippen molar-refractivity contribution in [3.8, 4) is 5.75 Å². The van der Waals surface area contributed by atoms with Gasteiger partial charge in [0.25, 0.3) is 0 Å². The van der Waals surface area contributed by atoms with E-state index in [1.807, 2.05) is 27.7 Å². The third-order valence-electron chi connectivity index (χ3n) is 3.28. The zero-order valence-corrected chi connectivity index (χ0v) is 15.4. The van der Waals surface area contributed by atoms with E-state index in [-0.39, 0.29) is 5.56 Å². The lowest BCUT2D eigenvalue weighted by Gasteiger charge is -2.26. The number of halogens is 3. The molecule has 0 aromatic heterocycles. The minimum absolute atomic E-state index is 0.182. The van der Waals surface area contributed by atoms with Crippen molar-refractivity contribution >= 4 is 0 Å². The summed E-state index contributed by atoms with van der Waals surface area (Å²) in [6, 6.07) is 3.87. The van der Waals surface area contributed by atoms with E-state index in [4.69, 9.17) is 9.47 Å². The van der Waals surface area contributed by atoms with Gasteiger partial charge in [0.2, 0.25) is 0 Å². The Labute approximate surface area is 143 Å². The highest BCUT2D eigenvalue weighted by Gasteiger charge is 2.32. The second-order valence-corrected chi connectivity index (χ2v) is 4.78. The molecule has 3 nitrogen and oxygen atoms in total. The number of rotatable bonds is 4. The molecule has 0 N–H and O–H groups in total. The molecule has 1 aromatic carbocycles. The summed E-state index contributed by atoms with van der Waals surface area (Å²) in [5.74, 6) is 0.476. The van der Waals surface area contributed by atoms with Crippen molar-refractivity contribution in [1.29, 1.82) is 0 Å². The van der Waals surface area contributed by atoms with Crippen LogP contribution in [0.4, 0.5) is 13.2 Å². The highest BCUT2D eigenvalue weighted by Crippen LogP contribution is 2.33. The minimum Gasteiger partial charge on any atom is -0.492 e. The average Bonchev–Trinajstić information content (AvgIpc) is 2.58. The van der Waals surface area contributed by atoms with E-state index in [9.17, 15) is 13.2 Å². The highest BCUT2D eigenvalue weighted by atomic mass is 19.4. The van der Waals surface area contributed by atoms with Crippen LogP contribution < -0.4 is 4.74 Å². The van der Waals surface area contributed by atoms with Gasteiger partial charge in [-0.05, 0) is 30.7 Å². The third-order valence-corrected chi connectivity index (χ3v) is 3.28. The van der Waals surface area contributed by atoms with Crippen LogP contribution in [0.3, 0.4) is 0 Å². The molecule has 2 rings (SSSR count). The number of hydrogen-bond donors (Lipinski definition) is 0. The van der Waals surface area contributed by atoms with Gasteiger partial charge in [-0.3, -0.25) is 4.90 Å². The summed E-state index contributed by atoms with van der Waals surface area (Å²) < 4.78 is 48.6. The number of alkyl halides is 3. The van der Waals surface area contributed by atoms with E-state index >= 15 is 0 Å². The Bertz CT molecular complexity index is 444. The summed E-state index contributed by atoms with van der Waals surface area (Å²) in [4.78, 5) is 2.21. The number of nitrogens with zero attached hydrogens (tertiary/aromatic N) is 1. The van der Waals surface area contributed by atoms with Crippen molar-refractivity contribution in [3.63, 3.8) is 0 Å². The number of hydrogen-bond acceptors (Lipinski definition) is 3. The molecule has 1 aliphatic rings. The molecule has 0 aliphatic carbocycles. The molecule has 0 bridgehead atoms. The number of morpholine rings is 1. The summed E-state index contributed by atoms with van der Waals surface area (Å²) in [7, 11) is 0. The molecular weight excluding hydrogens is 319 g/mol. The molecule has 140 valence electrons. The Balaban J connectivity index is 0.00000123. The molecule has 0 saturated carbocycles. The maximum Gasteiger partial charge on any atom is 0.416 e. The van der Waals surface area contributed by atoms with Crippen molar-refractivity contribution in [2.24, 2.45) is 0 Å². The standard InChI is InChI=1S/C14H18F3NO2.2C2H6/c1-11-10-12(2-3-13(11)14(15,16)17)20-9-6-18-4-7-19-8-5-18;2*1-2/h2-3,10H,4-9H2,1H3;2*1-2H3. The van der Waals surface area contributed by atoms with Crippen LogP contribution in [0.2, 0.25) is 0 Å². The van der Waals surface area contributed by atoms with Gasteiger partial charge in [-0.25, -0.2) is 0 Å². The first-order valence-corrected chi connectivity index (χ1v) is 8.57. The summed E-state index contributed by atoms with van der Waals surface area (Å²) in [5, 5.41) is 0. The highest BCUT2D eigenvalue weighted by molar-refractivity contribution is 5.36. The maximum atomic E-state index is 12.6. The molecule has 1 aromatic rings. The second kappa shape index (κ2) is 12.1. The fourth-order valence-electron chi connectivity index (χ4n) is 2.16. The predicted molar refractivity (Wildman–Crippen MR) is 91.6 cm³/mol. The quantitative estimate of drug-likeness (QED) is 0.781. The SMILES string of the molecule is CC.CC.Cc1cc(OCCN2CCOCC2)ccc1C(F)(F)F. The van der Waals surface area contributed by atoms with Crippen molar-refractivity contribution in [1.82, 2.24) is 4.90 Å². The molecule has 0 unspecified atom stereocenters. The van der Waals surface area contributed by atoms with Gasteiger partial charge in [-0.15, -0.1) is 0 Å². The first kappa shape index (κ1) is 22.7. The largest absolute Gasteiger partial charge is 0.492 e. The Morgan fingerprint density at radius 2 is 1.67 bits per heavy atom. The van der Waals surface area contributed by atoms with Crippen LogP contribution in [-0.2, 0) is 10.9 Å². The number of ether oxygens (including phenoxy) is 2. The van der Waals surface area contributed by atoms with Crippen LogP contribution in [-0.4, -0.2) is 44.4 Å². The molecule has 1 aliphatic heterocycles. The van der Waals surface area contributed by atoms with Gasteiger partial charge in [0.05, 0.1) is 18.8 Å². The van der Waals surface area contributed by atoms with Crippen molar-refractivity contribution in [3.05, 3.63) is 29.3 Å². The number of aryl methyl sites for hydroxylation is 1. The van der Waals surface area contributed by atoms with Gasteiger partial charge in [0.1, 0.15) is 12.4 Å². The van der Waals surface area contributed by atoms with Gasteiger partial charge in [-0.2, -0.15) is 13.2 Å². The van der Waals surface area contributed by atoms with Gasteiger partial charge in [0.15, 0.2) is 0 Å². The summed E-state index contributed by atoms with van der Waals surface area (Å²) in [5.41, 5.74) is -0.431. The van der Waals surface area contributed by atoms with E-state index < -0.39 is 11.7 Å². The van der Waals surface area contributed by atoms with Gasteiger partial charge >= 0.3 is 6.18 Å². The summed E-state index contributed by atoms with van der Waals surface area (Å²) in [6.45, 7) is 13.8. The Morgan fingerprint density at radius 1 is 1.08 bits per heavy atom. The van der Waals surface area contributed by atoms with Gasteiger partial charge < -0.3 is 9.47 Å². The number of benzene rings is 1. The second-order valence-electron chi connectivity index (χ2n) is 4.78. The molecule has 24 heavy (non-hydrogen) atoms.